The van der Waals surface area contributed by atoms with Gasteiger partial charge in [0.15, 0.2) is 16.5 Å². The Morgan fingerprint density at radius 1 is 1.16 bits per heavy atom. The third kappa shape index (κ3) is 6.62. The Bertz CT molecular complexity index is 2010. The van der Waals surface area contributed by atoms with Crippen molar-refractivity contribution in [3.8, 4) is 11.5 Å². The van der Waals surface area contributed by atoms with Gasteiger partial charge in [-0.25, -0.2) is 31.7 Å². The van der Waals surface area contributed by atoms with Crippen LogP contribution in [0.2, 0.25) is 0 Å². The molecular weight excluding hydrogens is 676 g/mol. The minimum Gasteiger partial charge on any atom is -0.497 e. The Hall–Kier alpha value is -4.11. The van der Waals surface area contributed by atoms with Crippen LogP contribution < -0.4 is 19.5 Å². The molecule has 1 saturated heterocycles. The highest BCUT2D eigenvalue weighted by atomic mass is 32.2. The number of oxazole rings is 1. The number of amides is 1. The van der Waals surface area contributed by atoms with Gasteiger partial charge in [-0.05, 0) is 82.9 Å². The highest BCUT2D eigenvalue weighted by molar-refractivity contribution is 7.93. The first-order valence-electron chi connectivity index (χ1n) is 16.1. The van der Waals surface area contributed by atoms with Gasteiger partial charge in [0, 0.05) is 48.4 Å². The molecule has 2 fully saturated rings. The van der Waals surface area contributed by atoms with E-state index in [1.54, 1.807) is 28.5 Å². The topological polar surface area (TPSA) is 133 Å². The minimum atomic E-state index is -4.42. The molecule has 2 aromatic heterocycles. The van der Waals surface area contributed by atoms with Gasteiger partial charge < -0.3 is 23.5 Å². The minimum absolute atomic E-state index is 0.0773. The molecule has 0 bridgehead atoms. The molecule has 15 heteroatoms. The van der Waals surface area contributed by atoms with E-state index >= 15 is 4.39 Å². The predicted molar refractivity (Wildman–Crippen MR) is 182 cm³/mol. The van der Waals surface area contributed by atoms with Crippen LogP contribution in [0.5, 0.6) is 11.5 Å². The molecule has 1 aliphatic carbocycles. The average Bonchev–Trinajstić information content (AvgIpc) is 3.55. The lowest BCUT2D eigenvalue weighted by molar-refractivity contribution is 0.0130. The van der Waals surface area contributed by atoms with E-state index < -0.39 is 33.2 Å². The Balaban J connectivity index is 1.29. The maximum absolute atomic E-state index is 16.2. The van der Waals surface area contributed by atoms with Gasteiger partial charge in [0.05, 0.1) is 25.7 Å². The Morgan fingerprint density at radius 3 is 2.47 bits per heavy atom. The summed E-state index contributed by atoms with van der Waals surface area (Å²) < 4.78 is 68.8. The number of hydrogen-bond acceptors (Lipinski definition) is 10. The van der Waals surface area contributed by atoms with Crippen LogP contribution in [0.25, 0.3) is 11.1 Å². The maximum atomic E-state index is 16.2. The summed E-state index contributed by atoms with van der Waals surface area (Å²) in [6.07, 6.45) is 4.28. The fourth-order valence-electron chi connectivity index (χ4n) is 6.99. The molecule has 2 aromatic carbocycles. The van der Waals surface area contributed by atoms with Crippen LogP contribution in [0.3, 0.4) is 0 Å². The molecule has 1 saturated carbocycles. The molecule has 264 valence electrons. The van der Waals surface area contributed by atoms with Gasteiger partial charge in [-0.3, -0.25) is 4.57 Å². The summed E-state index contributed by atoms with van der Waals surface area (Å²) in [5, 5.41) is 1.81. The molecule has 0 spiro atoms. The lowest BCUT2D eigenvalue weighted by Crippen LogP contribution is -2.44. The number of sulfonamides is 1. The SMILES string of the molecule is COc1ccc(CN(c2nccs2)S(=O)(=O)c2cc(F)c3c(c2)oc(=O)n3C(C)C2(C3CCN(C(=O)OC(C)(C)C)CC3)CC2)c(OC)c1. The number of carbonyl (C=O) groups excluding carboxylic acids is 1. The van der Waals surface area contributed by atoms with Crippen molar-refractivity contribution in [2.45, 2.75) is 76.5 Å². The summed E-state index contributed by atoms with van der Waals surface area (Å²) in [5.74, 6) is -0.509. The first kappa shape index (κ1) is 34.7. The van der Waals surface area contributed by atoms with Crippen molar-refractivity contribution >= 4 is 43.7 Å². The number of aromatic nitrogens is 2. The van der Waals surface area contributed by atoms with Crippen molar-refractivity contribution in [2.24, 2.45) is 11.3 Å². The molecule has 2 aliphatic rings. The number of halogens is 1. The zero-order valence-corrected chi connectivity index (χ0v) is 30.0. The predicted octanol–water partition coefficient (Wildman–Crippen LogP) is 6.59. The van der Waals surface area contributed by atoms with Crippen molar-refractivity contribution in [2.75, 3.05) is 31.6 Å². The quantitative estimate of drug-likeness (QED) is 0.178. The van der Waals surface area contributed by atoms with Gasteiger partial charge in [0.1, 0.15) is 22.6 Å². The van der Waals surface area contributed by atoms with Gasteiger partial charge in [0.25, 0.3) is 10.0 Å². The third-order valence-electron chi connectivity index (χ3n) is 9.67. The number of nitrogens with zero attached hydrogens (tertiary/aromatic N) is 4. The first-order valence-corrected chi connectivity index (χ1v) is 18.5. The van der Waals surface area contributed by atoms with Crippen LogP contribution in [0.15, 0.2) is 56.0 Å². The lowest BCUT2D eigenvalue weighted by Gasteiger charge is -2.39. The fourth-order valence-corrected chi connectivity index (χ4v) is 9.28. The van der Waals surface area contributed by atoms with Crippen LogP contribution in [0.4, 0.5) is 14.3 Å². The molecular formula is C34H41FN4O8S2. The molecule has 12 nitrogen and oxygen atoms in total. The molecule has 1 atom stereocenters. The van der Waals surface area contributed by atoms with E-state index in [1.807, 2.05) is 27.7 Å². The van der Waals surface area contributed by atoms with Crippen molar-refractivity contribution in [1.82, 2.24) is 14.5 Å². The largest absolute Gasteiger partial charge is 0.497 e. The number of carbonyl (C=O) groups is 1. The van der Waals surface area contributed by atoms with E-state index in [-0.39, 0.29) is 45.1 Å². The van der Waals surface area contributed by atoms with Crippen molar-refractivity contribution in [1.29, 1.82) is 0 Å². The average molecular weight is 717 g/mol. The maximum Gasteiger partial charge on any atom is 0.420 e. The number of anilines is 1. The van der Waals surface area contributed by atoms with Gasteiger partial charge in [-0.1, -0.05) is 0 Å². The number of rotatable bonds is 10. The Morgan fingerprint density at radius 2 is 1.88 bits per heavy atom. The van der Waals surface area contributed by atoms with Crippen molar-refractivity contribution in [3.05, 3.63) is 63.8 Å². The van der Waals surface area contributed by atoms with E-state index in [0.717, 1.165) is 47.4 Å². The molecule has 4 aromatic rings. The van der Waals surface area contributed by atoms with Crippen molar-refractivity contribution in [3.63, 3.8) is 0 Å². The fraction of sp³-hybridized carbons (Fsp3) is 0.500. The zero-order valence-electron chi connectivity index (χ0n) is 28.4. The molecule has 1 aliphatic heterocycles. The number of fused-ring (bicyclic) bond motifs is 1. The van der Waals surface area contributed by atoms with Crippen molar-refractivity contribution < 1.29 is 36.2 Å². The van der Waals surface area contributed by atoms with Crippen LogP contribution in [0.1, 0.15) is 65.0 Å². The molecule has 6 rings (SSSR count). The number of piperidine rings is 1. The van der Waals surface area contributed by atoms with E-state index in [2.05, 4.69) is 4.98 Å². The van der Waals surface area contributed by atoms with Crippen LogP contribution >= 0.6 is 11.3 Å². The summed E-state index contributed by atoms with van der Waals surface area (Å²) >= 11 is 1.11. The second-order valence-electron chi connectivity index (χ2n) is 13.6. The second-order valence-corrected chi connectivity index (χ2v) is 16.4. The van der Waals surface area contributed by atoms with E-state index in [4.69, 9.17) is 18.6 Å². The molecule has 1 amide bonds. The van der Waals surface area contributed by atoms with Crippen LogP contribution in [-0.2, 0) is 21.3 Å². The Labute approximate surface area is 288 Å². The zero-order chi connectivity index (χ0) is 35.3. The number of ether oxygens (including phenoxy) is 3. The second kappa shape index (κ2) is 13.0. The molecule has 0 radical (unpaired) electrons. The molecule has 49 heavy (non-hydrogen) atoms. The van der Waals surface area contributed by atoms with E-state index in [0.29, 0.717) is 30.2 Å². The smallest absolute Gasteiger partial charge is 0.420 e. The standard InChI is InChI=1S/C34H41FN4O8S2/c1-21(34(11-12-34)23-9-14-37(15-10-23)31(40)47-33(2,3)4)39-29-26(35)18-25(19-28(29)46-32(39)41)49(42,43)38(30-36-13-16-48-30)20-22-7-8-24(44-5)17-27(22)45-6/h7-8,13,16-19,21,23H,9-12,14-15,20H2,1-6H3. The number of thiazole rings is 1. The molecule has 3 heterocycles. The highest BCUT2D eigenvalue weighted by Crippen LogP contribution is 2.62. The van der Waals surface area contributed by atoms with Gasteiger partial charge >= 0.3 is 11.8 Å². The first-order chi connectivity index (χ1) is 23.2. The third-order valence-corrected chi connectivity index (χ3v) is 12.3. The molecule has 0 N–H and O–H groups in total. The number of methoxy groups -OCH3 is 2. The Kier molecular flexibility index (Phi) is 9.20. The number of likely N-dealkylation sites (tertiary alicyclic amines) is 1. The van der Waals surface area contributed by atoms with E-state index in [9.17, 15) is 18.0 Å². The number of benzene rings is 2. The summed E-state index contributed by atoms with van der Waals surface area (Å²) in [7, 11) is -1.43. The summed E-state index contributed by atoms with van der Waals surface area (Å²) in [6, 6.07) is 6.72. The summed E-state index contributed by atoms with van der Waals surface area (Å²) in [4.78, 5) is 31.6. The van der Waals surface area contributed by atoms with Gasteiger partial charge in [-0.2, -0.15) is 0 Å². The van der Waals surface area contributed by atoms with Crippen LogP contribution in [0, 0.1) is 17.2 Å². The lowest BCUT2D eigenvalue weighted by atomic mass is 9.77. The normalized spacial score (nSPS) is 17.2. The highest BCUT2D eigenvalue weighted by Gasteiger charge is 2.55. The number of hydrogen-bond donors (Lipinski definition) is 0. The van der Waals surface area contributed by atoms with Gasteiger partial charge in [-0.15, -0.1) is 11.3 Å². The summed E-state index contributed by atoms with van der Waals surface area (Å²) in [6.45, 7) is 8.28. The van der Waals surface area contributed by atoms with Gasteiger partial charge in [0.2, 0.25) is 0 Å². The summed E-state index contributed by atoms with van der Waals surface area (Å²) in [5.41, 5.74) is -0.576. The van der Waals surface area contributed by atoms with E-state index in [1.165, 1.54) is 31.0 Å². The van der Waals surface area contributed by atoms with Crippen LogP contribution in [-0.4, -0.2) is 61.9 Å². The molecule has 1 unspecified atom stereocenters. The monoisotopic (exact) mass is 716 g/mol.